The summed E-state index contributed by atoms with van der Waals surface area (Å²) in [5.74, 6) is 0.343. The topological polar surface area (TPSA) is 46.3 Å². The molecule has 2 aromatic rings. The predicted octanol–water partition coefficient (Wildman–Crippen LogP) is 4.30. The van der Waals surface area contributed by atoms with E-state index in [2.05, 4.69) is 12.1 Å². The third-order valence-electron chi connectivity index (χ3n) is 4.56. The zero-order chi connectivity index (χ0) is 17.1. The van der Waals surface area contributed by atoms with Crippen molar-refractivity contribution in [2.75, 3.05) is 13.1 Å². The minimum atomic E-state index is -0.0127. The fourth-order valence-corrected chi connectivity index (χ4v) is 3.51. The molecule has 25 heavy (non-hydrogen) atoms. The van der Waals surface area contributed by atoms with Gasteiger partial charge in [-0.2, -0.15) is 0 Å². The Kier molecular flexibility index (Phi) is 7.14. The Hall–Kier alpha value is -1.26. The normalized spacial score (nSPS) is 19.6. The van der Waals surface area contributed by atoms with E-state index in [1.807, 2.05) is 35.2 Å². The average molecular weight is 400 g/mol. The predicted molar refractivity (Wildman–Crippen MR) is 106 cm³/mol. The van der Waals surface area contributed by atoms with E-state index in [9.17, 15) is 4.79 Å². The molecular formula is C19H21Cl3N2O. The van der Waals surface area contributed by atoms with E-state index in [1.165, 1.54) is 5.56 Å². The van der Waals surface area contributed by atoms with E-state index < -0.39 is 0 Å². The quantitative estimate of drug-likeness (QED) is 0.833. The Balaban J connectivity index is 0.00000225. The van der Waals surface area contributed by atoms with Gasteiger partial charge in [-0.25, -0.2) is 0 Å². The molecule has 6 heteroatoms. The van der Waals surface area contributed by atoms with Crippen LogP contribution in [0.2, 0.25) is 10.0 Å². The van der Waals surface area contributed by atoms with Crippen molar-refractivity contribution in [1.29, 1.82) is 0 Å². The molecule has 0 saturated carbocycles. The van der Waals surface area contributed by atoms with Gasteiger partial charge < -0.3 is 10.6 Å². The summed E-state index contributed by atoms with van der Waals surface area (Å²) < 4.78 is 0. The van der Waals surface area contributed by atoms with Crippen LogP contribution in [0.5, 0.6) is 0 Å². The second-order valence-electron chi connectivity index (χ2n) is 6.23. The summed E-state index contributed by atoms with van der Waals surface area (Å²) in [5, 5.41) is 1.05. The highest BCUT2D eigenvalue weighted by Gasteiger charge is 2.33. The summed E-state index contributed by atoms with van der Waals surface area (Å²) in [5.41, 5.74) is 8.47. The molecule has 0 aromatic heterocycles. The minimum Gasteiger partial charge on any atom is -0.340 e. The van der Waals surface area contributed by atoms with Gasteiger partial charge in [-0.1, -0.05) is 59.6 Å². The lowest BCUT2D eigenvalue weighted by Gasteiger charge is -2.16. The second kappa shape index (κ2) is 8.91. The summed E-state index contributed by atoms with van der Waals surface area (Å²) in [6, 6.07) is 15.6. The molecule has 0 bridgehead atoms. The summed E-state index contributed by atoms with van der Waals surface area (Å²) in [6.07, 6.45) is 1.10. The first-order valence-corrected chi connectivity index (χ1v) is 8.82. The number of nitrogens with two attached hydrogens (primary N) is 1. The summed E-state index contributed by atoms with van der Waals surface area (Å²) in [7, 11) is 0. The van der Waals surface area contributed by atoms with Crippen molar-refractivity contribution < 1.29 is 4.79 Å². The van der Waals surface area contributed by atoms with Crippen molar-refractivity contribution in [1.82, 2.24) is 4.90 Å². The molecule has 1 aliphatic rings. The number of hydrogen-bond donors (Lipinski definition) is 1. The number of carbonyl (C=O) groups excluding carboxylic acids is 1. The fraction of sp³-hybridized carbons (Fsp3) is 0.316. The monoisotopic (exact) mass is 398 g/mol. The number of nitrogens with zero attached hydrogens (tertiary/aromatic N) is 1. The number of carbonyl (C=O) groups is 1. The molecule has 1 heterocycles. The van der Waals surface area contributed by atoms with Crippen molar-refractivity contribution >= 4 is 41.5 Å². The Morgan fingerprint density at radius 3 is 2.48 bits per heavy atom. The average Bonchev–Trinajstić information content (AvgIpc) is 2.98. The minimum absolute atomic E-state index is 0. The maximum atomic E-state index is 12.5. The van der Waals surface area contributed by atoms with E-state index >= 15 is 0 Å². The van der Waals surface area contributed by atoms with E-state index in [0.29, 0.717) is 36.0 Å². The number of benzene rings is 2. The molecule has 1 saturated heterocycles. The zero-order valence-corrected chi connectivity index (χ0v) is 16.0. The van der Waals surface area contributed by atoms with Crippen molar-refractivity contribution in [3.8, 4) is 0 Å². The van der Waals surface area contributed by atoms with Gasteiger partial charge in [-0.3, -0.25) is 4.79 Å². The number of rotatable bonds is 4. The maximum absolute atomic E-state index is 12.5. The first-order chi connectivity index (χ1) is 11.5. The SMILES string of the molecule is Cl.N[C@@H]1CN(C(=O)CCc2ccc(Cl)c(Cl)c2)C[C@H]1c1ccccc1. The lowest BCUT2D eigenvalue weighted by molar-refractivity contribution is -0.130. The molecule has 0 unspecified atom stereocenters. The molecule has 0 spiro atoms. The van der Waals surface area contributed by atoms with Gasteiger partial charge in [0.05, 0.1) is 10.0 Å². The van der Waals surface area contributed by atoms with Crippen LogP contribution in [0, 0.1) is 0 Å². The van der Waals surface area contributed by atoms with E-state index in [-0.39, 0.29) is 30.3 Å². The lowest BCUT2D eigenvalue weighted by atomic mass is 9.95. The van der Waals surface area contributed by atoms with Crippen LogP contribution in [0.4, 0.5) is 0 Å². The first kappa shape index (κ1) is 20.1. The van der Waals surface area contributed by atoms with Crippen molar-refractivity contribution in [3.63, 3.8) is 0 Å². The van der Waals surface area contributed by atoms with Gasteiger partial charge in [0.1, 0.15) is 0 Å². The third-order valence-corrected chi connectivity index (χ3v) is 5.30. The van der Waals surface area contributed by atoms with Crippen LogP contribution < -0.4 is 5.73 Å². The zero-order valence-electron chi connectivity index (χ0n) is 13.7. The second-order valence-corrected chi connectivity index (χ2v) is 7.04. The third kappa shape index (κ3) is 4.89. The highest BCUT2D eigenvalue weighted by Crippen LogP contribution is 2.27. The van der Waals surface area contributed by atoms with Crippen LogP contribution in [-0.4, -0.2) is 29.9 Å². The summed E-state index contributed by atoms with van der Waals surface area (Å²) >= 11 is 11.9. The van der Waals surface area contributed by atoms with Crippen LogP contribution in [0.15, 0.2) is 48.5 Å². The number of halogens is 3. The van der Waals surface area contributed by atoms with Crippen molar-refractivity contribution in [3.05, 3.63) is 69.7 Å². The highest BCUT2D eigenvalue weighted by molar-refractivity contribution is 6.42. The number of aryl methyl sites for hydroxylation is 1. The Morgan fingerprint density at radius 1 is 1.08 bits per heavy atom. The maximum Gasteiger partial charge on any atom is 0.222 e. The van der Waals surface area contributed by atoms with Gasteiger partial charge in [-0.15, -0.1) is 12.4 Å². The van der Waals surface area contributed by atoms with E-state index in [0.717, 1.165) is 5.56 Å². The van der Waals surface area contributed by atoms with E-state index in [1.54, 1.807) is 6.07 Å². The molecule has 134 valence electrons. The Labute approximate surface area is 164 Å². The van der Waals surface area contributed by atoms with Gasteiger partial charge in [0.25, 0.3) is 0 Å². The molecule has 1 aliphatic heterocycles. The molecule has 3 rings (SSSR count). The van der Waals surface area contributed by atoms with E-state index in [4.69, 9.17) is 28.9 Å². The summed E-state index contributed by atoms with van der Waals surface area (Å²) in [4.78, 5) is 14.4. The van der Waals surface area contributed by atoms with Gasteiger partial charge >= 0.3 is 0 Å². The van der Waals surface area contributed by atoms with Crippen LogP contribution in [0.3, 0.4) is 0 Å². The van der Waals surface area contributed by atoms with Crippen molar-refractivity contribution in [2.45, 2.75) is 24.8 Å². The molecule has 3 nitrogen and oxygen atoms in total. The molecule has 2 N–H and O–H groups in total. The Bertz CT molecular complexity index is 724. The van der Waals surface area contributed by atoms with Gasteiger partial charge in [0.2, 0.25) is 5.91 Å². The highest BCUT2D eigenvalue weighted by atomic mass is 35.5. The van der Waals surface area contributed by atoms with Crippen molar-refractivity contribution in [2.24, 2.45) is 5.73 Å². The largest absolute Gasteiger partial charge is 0.340 e. The molecule has 1 fully saturated rings. The molecule has 2 aromatic carbocycles. The standard InChI is InChI=1S/C19H20Cl2N2O.ClH/c20-16-8-6-13(10-17(16)21)7-9-19(24)23-11-15(18(22)12-23)14-4-2-1-3-5-14;/h1-6,8,10,15,18H,7,9,11-12,22H2;1H/t15-,18+;/m0./s1. The fourth-order valence-electron chi connectivity index (χ4n) is 3.19. The molecule has 2 atom stereocenters. The van der Waals surface area contributed by atoms with Gasteiger partial charge in [-0.05, 0) is 29.7 Å². The lowest BCUT2D eigenvalue weighted by Crippen LogP contribution is -2.32. The van der Waals surface area contributed by atoms with Crippen LogP contribution >= 0.6 is 35.6 Å². The van der Waals surface area contributed by atoms with Crippen LogP contribution in [0.25, 0.3) is 0 Å². The molecule has 0 aliphatic carbocycles. The van der Waals surface area contributed by atoms with Gasteiger partial charge in [0.15, 0.2) is 0 Å². The number of hydrogen-bond acceptors (Lipinski definition) is 2. The molecular weight excluding hydrogens is 379 g/mol. The van der Waals surface area contributed by atoms with Crippen LogP contribution in [0.1, 0.15) is 23.5 Å². The number of amides is 1. The van der Waals surface area contributed by atoms with Crippen LogP contribution in [-0.2, 0) is 11.2 Å². The van der Waals surface area contributed by atoms with Gasteiger partial charge in [0, 0.05) is 31.5 Å². The number of likely N-dealkylation sites (tertiary alicyclic amines) is 1. The first-order valence-electron chi connectivity index (χ1n) is 8.07. The molecule has 1 amide bonds. The summed E-state index contributed by atoms with van der Waals surface area (Å²) in [6.45, 7) is 1.30. The smallest absolute Gasteiger partial charge is 0.222 e. The Morgan fingerprint density at radius 2 is 1.80 bits per heavy atom. The molecule has 0 radical (unpaired) electrons.